The molecule has 0 aliphatic carbocycles. The van der Waals surface area contributed by atoms with Crippen LogP contribution in [0.2, 0.25) is 0 Å². The number of aryl methyl sites for hydroxylation is 1. The van der Waals surface area contributed by atoms with Crippen LogP contribution in [0.4, 0.5) is 5.69 Å². The fraction of sp³-hybridized carbons (Fsp3) is 0.391. The van der Waals surface area contributed by atoms with E-state index >= 15 is 0 Å². The Labute approximate surface area is 161 Å². The van der Waals surface area contributed by atoms with E-state index in [2.05, 4.69) is 25.2 Å². The Morgan fingerprint density at radius 1 is 1.04 bits per heavy atom. The lowest BCUT2D eigenvalue weighted by Crippen LogP contribution is -2.41. The smallest absolute Gasteiger partial charge is 0.253 e. The monoisotopic (exact) mass is 364 g/mol. The van der Waals surface area contributed by atoms with E-state index in [0.29, 0.717) is 31.8 Å². The standard InChI is InChI=1S/C23H28N2O2/c1-16(2)20-9-4-5-10-21(20)24-22(26)18-11-13-25(14-12-18)23(27)19-8-6-7-17(3)15-19/h4-10,15-16,18H,11-14H2,1-3H3,(H,24,26). The van der Waals surface area contributed by atoms with Crippen LogP contribution in [0.15, 0.2) is 48.5 Å². The number of amides is 2. The Bertz CT molecular complexity index is 821. The van der Waals surface area contributed by atoms with Gasteiger partial charge in [-0.1, -0.05) is 49.7 Å². The Kier molecular flexibility index (Phi) is 5.94. The lowest BCUT2D eigenvalue weighted by Gasteiger charge is -2.31. The third kappa shape index (κ3) is 4.57. The van der Waals surface area contributed by atoms with Gasteiger partial charge in [-0.05, 0) is 49.4 Å². The number of piperidine rings is 1. The second-order valence-corrected chi connectivity index (χ2v) is 7.67. The summed E-state index contributed by atoms with van der Waals surface area (Å²) in [5.41, 5.74) is 3.86. The summed E-state index contributed by atoms with van der Waals surface area (Å²) < 4.78 is 0. The van der Waals surface area contributed by atoms with E-state index in [4.69, 9.17) is 0 Å². The molecule has 0 atom stereocenters. The maximum absolute atomic E-state index is 12.7. The predicted molar refractivity (Wildman–Crippen MR) is 109 cm³/mol. The molecule has 0 aromatic heterocycles. The topological polar surface area (TPSA) is 49.4 Å². The molecule has 1 heterocycles. The number of carbonyl (C=O) groups is 2. The second-order valence-electron chi connectivity index (χ2n) is 7.67. The number of hydrogen-bond donors (Lipinski definition) is 1. The number of para-hydroxylation sites is 1. The van der Waals surface area contributed by atoms with Gasteiger partial charge in [0, 0.05) is 30.3 Å². The molecule has 1 saturated heterocycles. The summed E-state index contributed by atoms with van der Waals surface area (Å²) in [6, 6.07) is 15.6. The van der Waals surface area contributed by atoms with Gasteiger partial charge in [0.05, 0.1) is 0 Å². The fourth-order valence-electron chi connectivity index (χ4n) is 3.65. The van der Waals surface area contributed by atoms with Gasteiger partial charge in [0.25, 0.3) is 5.91 Å². The molecule has 1 N–H and O–H groups in total. The molecule has 3 rings (SSSR count). The van der Waals surface area contributed by atoms with Crippen molar-refractivity contribution in [3.63, 3.8) is 0 Å². The van der Waals surface area contributed by atoms with Crippen molar-refractivity contribution in [3.8, 4) is 0 Å². The maximum atomic E-state index is 12.7. The molecule has 4 nitrogen and oxygen atoms in total. The van der Waals surface area contributed by atoms with Crippen molar-refractivity contribution in [2.75, 3.05) is 18.4 Å². The minimum atomic E-state index is -0.0493. The molecule has 142 valence electrons. The third-order valence-electron chi connectivity index (χ3n) is 5.26. The first-order valence-electron chi connectivity index (χ1n) is 9.71. The van der Waals surface area contributed by atoms with Crippen molar-refractivity contribution in [2.24, 2.45) is 5.92 Å². The zero-order valence-corrected chi connectivity index (χ0v) is 16.4. The highest BCUT2D eigenvalue weighted by Gasteiger charge is 2.28. The Morgan fingerprint density at radius 3 is 2.41 bits per heavy atom. The second kappa shape index (κ2) is 8.38. The summed E-state index contributed by atoms with van der Waals surface area (Å²) in [6.45, 7) is 7.48. The minimum absolute atomic E-state index is 0.0493. The number of benzene rings is 2. The highest BCUT2D eigenvalue weighted by atomic mass is 16.2. The van der Waals surface area contributed by atoms with Crippen molar-refractivity contribution in [1.82, 2.24) is 4.90 Å². The van der Waals surface area contributed by atoms with Gasteiger partial charge in [0.15, 0.2) is 0 Å². The van der Waals surface area contributed by atoms with Gasteiger partial charge < -0.3 is 10.2 Å². The van der Waals surface area contributed by atoms with E-state index < -0.39 is 0 Å². The fourth-order valence-corrected chi connectivity index (χ4v) is 3.65. The van der Waals surface area contributed by atoms with E-state index in [1.54, 1.807) is 0 Å². The summed E-state index contributed by atoms with van der Waals surface area (Å²) in [4.78, 5) is 27.2. The van der Waals surface area contributed by atoms with Crippen LogP contribution in [-0.2, 0) is 4.79 Å². The summed E-state index contributed by atoms with van der Waals surface area (Å²) in [5, 5.41) is 3.10. The van der Waals surface area contributed by atoms with E-state index in [0.717, 1.165) is 22.4 Å². The molecule has 27 heavy (non-hydrogen) atoms. The first-order valence-corrected chi connectivity index (χ1v) is 9.71. The van der Waals surface area contributed by atoms with Crippen LogP contribution in [0.1, 0.15) is 54.1 Å². The normalized spacial score (nSPS) is 15.0. The molecule has 2 aromatic rings. The van der Waals surface area contributed by atoms with Gasteiger partial charge in [-0.2, -0.15) is 0 Å². The van der Waals surface area contributed by atoms with Gasteiger partial charge in [0.1, 0.15) is 0 Å². The van der Waals surface area contributed by atoms with Gasteiger partial charge in [-0.25, -0.2) is 0 Å². The van der Waals surface area contributed by atoms with Crippen molar-refractivity contribution >= 4 is 17.5 Å². The molecule has 0 spiro atoms. The highest BCUT2D eigenvalue weighted by molar-refractivity contribution is 5.95. The Balaban J connectivity index is 1.59. The molecule has 0 radical (unpaired) electrons. The molecule has 0 unspecified atom stereocenters. The van der Waals surface area contributed by atoms with Gasteiger partial charge in [-0.3, -0.25) is 9.59 Å². The number of likely N-dealkylation sites (tertiary alicyclic amines) is 1. The highest BCUT2D eigenvalue weighted by Crippen LogP contribution is 2.26. The van der Waals surface area contributed by atoms with Crippen LogP contribution in [0.5, 0.6) is 0 Å². The molecular weight excluding hydrogens is 336 g/mol. The molecule has 0 bridgehead atoms. The van der Waals surface area contributed by atoms with Gasteiger partial charge in [-0.15, -0.1) is 0 Å². The Morgan fingerprint density at radius 2 is 1.74 bits per heavy atom. The van der Waals surface area contributed by atoms with Crippen LogP contribution in [-0.4, -0.2) is 29.8 Å². The van der Waals surface area contributed by atoms with E-state index in [9.17, 15) is 9.59 Å². The SMILES string of the molecule is Cc1cccc(C(=O)N2CCC(C(=O)Nc3ccccc3C(C)C)CC2)c1. The molecule has 1 aliphatic heterocycles. The third-order valence-corrected chi connectivity index (χ3v) is 5.26. The van der Waals surface area contributed by atoms with Crippen LogP contribution < -0.4 is 5.32 Å². The molecule has 0 saturated carbocycles. The molecule has 2 amide bonds. The van der Waals surface area contributed by atoms with E-state index in [-0.39, 0.29) is 17.7 Å². The van der Waals surface area contributed by atoms with Crippen LogP contribution in [0.25, 0.3) is 0 Å². The van der Waals surface area contributed by atoms with Crippen LogP contribution in [0, 0.1) is 12.8 Å². The summed E-state index contributed by atoms with van der Waals surface area (Å²) >= 11 is 0. The zero-order chi connectivity index (χ0) is 19.4. The van der Waals surface area contributed by atoms with Crippen LogP contribution in [0.3, 0.4) is 0 Å². The first kappa shape index (κ1) is 19.2. The molecule has 1 fully saturated rings. The molecule has 2 aromatic carbocycles. The number of hydrogen-bond acceptors (Lipinski definition) is 2. The van der Waals surface area contributed by atoms with Crippen LogP contribution >= 0.6 is 0 Å². The summed E-state index contributed by atoms with van der Waals surface area (Å²) in [5.74, 6) is 0.426. The number of nitrogens with one attached hydrogen (secondary N) is 1. The number of rotatable bonds is 4. The van der Waals surface area contributed by atoms with E-state index in [1.807, 2.05) is 54.3 Å². The average Bonchev–Trinajstić information content (AvgIpc) is 2.67. The molecule has 4 heteroatoms. The van der Waals surface area contributed by atoms with Crippen molar-refractivity contribution < 1.29 is 9.59 Å². The lowest BCUT2D eigenvalue weighted by atomic mass is 9.94. The number of anilines is 1. The molecular formula is C23H28N2O2. The minimum Gasteiger partial charge on any atom is -0.339 e. The maximum Gasteiger partial charge on any atom is 0.253 e. The summed E-state index contributed by atoms with van der Waals surface area (Å²) in [7, 11) is 0. The quantitative estimate of drug-likeness (QED) is 0.861. The summed E-state index contributed by atoms with van der Waals surface area (Å²) in [6.07, 6.45) is 1.40. The first-order chi connectivity index (χ1) is 13.0. The predicted octanol–water partition coefficient (Wildman–Crippen LogP) is 4.61. The number of nitrogens with zero attached hydrogens (tertiary/aromatic N) is 1. The van der Waals surface area contributed by atoms with Gasteiger partial charge >= 0.3 is 0 Å². The van der Waals surface area contributed by atoms with Crippen molar-refractivity contribution in [3.05, 3.63) is 65.2 Å². The van der Waals surface area contributed by atoms with E-state index in [1.165, 1.54) is 0 Å². The van der Waals surface area contributed by atoms with Gasteiger partial charge in [0.2, 0.25) is 5.91 Å². The average molecular weight is 364 g/mol. The lowest BCUT2D eigenvalue weighted by molar-refractivity contribution is -0.121. The zero-order valence-electron chi connectivity index (χ0n) is 16.4. The molecule has 1 aliphatic rings. The van der Waals surface area contributed by atoms with Crippen molar-refractivity contribution in [2.45, 2.75) is 39.5 Å². The Hall–Kier alpha value is -2.62. The number of carbonyl (C=O) groups excluding carboxylic acids is 2. The van der Waals surface area contributed by atoms with Crippen molar-refractivity contribution in [1.29, 1.82) is 0 Å². The largest absolute Gasteiger partial charge is 0.339 e.